The molecule has 0 unspecified atom stereocenters. The molecule has 1 N–H and O–H groups in total. The largest absolute Gasteiger partial charge is 0.467 e. The van der Waals surface area contributed by atoms with E-state index in [0.29, 0.717) is 18.1 Å². The van der Waals surface area contributed by atoms with Gasteiger partial charge in [0.15, 0.2) is 0 Å². The van der Waals surface area contributed by atoms with Gasteiger partial charge >= 0.3 is 6.03 Å². The molecule has 2 aromatic rings. The fourth-order valence-electron chi connectivity index (χ4n) is 1.66. The molecule has 0 atom stereocenters. The molecule has 0 aliphatic rings. The van der Waals surface area contributed by atoms with Crippen molar-refractivity contribution in [3.8, 4) is 0 Å². The topological polar surface area (TPSA) is 45.5 Å². The predicted molar refractivity (Wildman–Crippen MR) is 73.9 cm³/mol. The number of benzene rings is 1. The Balaban J connectivity index is 1.87. The number of halogens is 1. The molecule has 0 aliphatic carbocycles. The zero-order valence-corrected chi connectivity index (χ0v) is 11.4. The highest BCUT2D eigenvalue weighted by Crippen LogP contribution is 2.16. The van der Waals surface area contributed by atoms with Crippen LogP contribution in [0.15, 0.2) is 47.1 Å². The lowest BCUT2D eigenvalue weighted by Crippen LogP contribution is -2.36. The summed E-state index contributed by atoms with van der Waals surface area (Å²) in [5.74, 6) is 0.722. The first kappa shape index (κ1) is 13.5. The van der Waals surface area contributed by atoms with E-state index in [1.165, 1.54) is 0 Å². The van der Waals surface area contributed by atoms with Gasteiger partial charge < -0.3 is 14.6 Å². The van der Waals surface area contributed by atoms with Crippen molar-refractivity contribution in [1.82, 2.24) is 10.2 Å². The molecular weight excluding hydrogens is 264 g/mol. The van der Waals surface area contributed by atoms with E-state index in [2.05, 4.69) is 5.32 Å². The lowest BCUT2D eigenvalue weighted by molar-refractivity contribution is 0.205. The molecule has 2 amide bonds. The Morgan fingerprint density at radius 3 is 2.79 bits per heavy atom. The number of nitrogens with zero attached hydrogens (tertiary/aromatic N) is 1. The second kappa shape index (κ2) is 6.29. The Kier molecular flexibility index (Phi) is 4.47. The summed E-state index contributed by atoms with van der Waals surface area (Å²) in [6.45, 7) is 0.836. The highest BCUT2D eigenvalue weighted by molar-refractivity contribution is 6.31. The molecule has 5 heteroatoms. The van der Waals surface area contributed by atoms with Crippen LogP contribution in [0.2, 0.25) is 5.02 Å². The predicted octanol–water partition coefficient (Wildman–Crippen LogP) is 3.27. The molecule has 0 fully saturated rings. The van der Waals surface area contributed by atoms with Crippen molar-refractivity contribution in [2.45, 2.75) is 13.1 Å². The highest BCUT2D eigenvalue weighted by atomic mass is 35.5. The van der Waals surface area contributed by atoms with Crippen LogP contribution in [-0.4, -0.2) is 18.0 Å². The molecule has 0 spiro atoms. The molecule has 0 saturated carbocycles. The van der Waals surface area contributed by atoms with Crippen molar-refractivity contribution in [3.63, 3.8) is 0 Å². The maximum absolute atomic E-state index is 11.9. The number of hydrogen-bond donors (Lipinski definition) is 1. The molecule has 1 aromatic carbocycles. The summed E-state index contributed by atoms with van der Waals surface area (Å²) in [7, 11) is 1.72. The molecule has 0 radical (unpaired) electrons. The number of furan rings is 1. The lowest BCUT2D eigenvalue weighted by atomic mass is 10.2. The van der Waals surface area contributed by atoms with Crippen LogP contribution in [0.25, 0.3) is 0 Å². The van der Waals surface area contributed by atoms with E-state index in [1.807, 2.05) is 30.3 Å². The summed E-state index contributed by atoms with van der Waals surface area (Å²) in [6.07, 6.45) is 1.58. The molecule has 19 heavy (non-hydrogen) atoms. The summed E-state index contributed by atoms with van der Waals surface area (Å²) < 4.78 is 5.15. The van der Waals surface area contributed by atoms with Crippen LogP contribution in [-0.2, 0) is 13.1 Å². The Hall–Kier alpha value is -1.94. The highest BCUT2D eigenvalue weighted by Gasteiger charge is 2.10. The maximum atomic E-state index is 11.9. The molecule has 1 heterocycles. The van der Waals surface area contributed by atoms with Crippen molar-refractivity contribution in [3.05, 3.63) is 59.0 Å². The van der Waals surface area contributed by atoms with Gasteiger partial charge in [-0.25, -0.2) is 4.79 Å². The third kappa shape index (κ3) is 3.76. The van der Waals surface area contributed by atoms with E-state index in [1.54, 1.807) is 24.3 Å². The second-order valence-electron chi connectivity index (χ2n) is 4.19. The van der Waals surface area contributed by atoms with Crippen LogP contribution < -0.4 is 5.32 Å². The van der Waals surface area contributed by atoms with Gasteiger partial charge in [0.1, 0.15) is 5.76 Å². The third-order valence-corrected chi connectivity index (χ3v) is 3.07. The summed E-state index contributed by atoms with van der Waals surface area (Å²) in [6, 6.07) is 10.9. The molecule has 4 nitrogen and oxygen atoms in total. The van der Waals surface area contributed by atoms with Gasteiger partial charge in [-0.15, -0.1) is 0 Å². The molecule has 0 aliphatic heterocycles. The third-order valence-electron chi connectivity index (χ3n) is 2.71. The first-order valence-corrected chi connectivity index (χ1v) is 6.29. The van der Waals surface area contributed by atoms with Crippen molar-refractivity contribution in [1.29, 1.82) is 0 Å². The number of hydrogen-bond acceptors (Lipinski definition) is 2. The van der Waals surface area contributed by atoms with Gasteiger partial charge in [0.25, 0.3) is 0 Å². The minimum atomic E-state index is -0.170. The SMILES string of the molecule is CN(Cc1ccccc1Cl)C(=O)NCc1ccco1. The normalized spacial score (nSPS) is 10.2. The Morgan fingerprint density at radius 2 is 2.11 bits per heavy atom. The van der Waals surface area contributed by atoms with Crippen molar-refractivity contribution in [2.24, 2.45) is 0 Å². The smallest absolute Gasteiger partial charge is 0.317 e. The van der Waals surface area contributed by atoms with E-state index in [9.17, 15) is 4.79 Å². The molecule has 100 valence electrons. The van der Waals surface area contributed by atoms with Crippen LogP contribution >= 0.6 is 11.6 Å². The van der Waals surface area contributed by atoms with Crippen LogP contribution in [0.5, 0.6) is 0 Å². The van der Waals surface area contributed by atoms with E-state index in [-0.39, 0.29) is 6.03 Å². The molecule has 1 aromatic heterocycles. The van der Waals surface area contributed by atoms with Crippen LogP contribution in [0.1, 0.15) is 11.3 Å². The molecular formula is C14H15ClN2O2. The van der Waals surface area contributed by atoms with E-state index >= 15 is 0 Å². The van der Waals surface area contributed by atoms with Gasteiger partial charge in [-0.3, -0.25) is 0 Å². The first-order valence-electron chi connectivity index (χ1n) is 5.91. The quantitative estimate of drug-likeness (QED) is 0.933. The molecule has 0 bridgehead atoms. The lowest BCUT2D eigenvalue weighted by Gasteiger charge is -2.18. The standard InChI is InChI=1S/C14H15ClN2O2/c1-17(10-11-5-2-3-7-13(11)15)14(18)16-9-12-6-4-8-19-12/h2-8H,9-10H2,1H3,(H,16,18). The van der Waals surface area contributed by atoms with Crippen molar-refractivity contribution in [2.75, 3.05) is 7.05 Å². The van der Waals surface area contributed by atoms with Crippen LogP contribution in [0, 0.1) is 0 Å². The summed E-state index contributed by atoms with van der Waals surface area (Å²) in [4.78, 5) is 13.5. The van der Waals surface area contributed by atoms with Crippen molar-refractivity contribution < 1.29 is 9.21 Å². The van der Waals surface area contributed by atoms with Gasteiger partial charge in [0, 0.05) is 18.6 Å². The fourth-order valence-corrected chi connectivity index (χ4v) is 1.86. The minimum absolute atomic E-state index is 0.170. The molecule has 2 rings (SSSR count). The number of carbonyl (C=O) groups excluding carboxylic acids is 1. The summed E-state index contributed by atoms with van der Waals surface area (Å²) in [5.41, 5.74) is 0.916. The first-order chi connectivity index (χ1) is 9.16. The zero-order valence-electron chi connectivity index (χ0n) is 10.6. The average molecular weight is 279 g/mol. The van der Waals surface area contributed by atoms with Gasteiger partial charge in [0.2, 0.25) is 0 Å². The van der Waals surface area contributed by atoms with Crippen LogP contribution in [0.4, 0.5) is 4.79 Å². The zero-order chi connectivity index (χ0) is 13.7. The number of rotatable bonds is 4. The van der Waals surface area contributed by atoms with Gasteiger partial charge in [0.05, 0.1) is 12.8 Å². The van der Waals surface area contributed by atoms with Gasteiger partial charge in [-0.1, -0.05) is 29.8 Å². The summed E-state index contributed by atoms with van der Waals surface area (Å²) >= 11 is 6.06. The van der Waals surface area contributed by atoms with Gasteiger partial charge in [-0.05, 0) is 23.8 Å². The van der Waals surface area contributed by atoms with E-state index in [4.69, 9.17) is 16.0 Å². The minimum Gasteiger partial charge on any atom is -0.467 e. The Morgan fingerprint density at radius 1 is 1.32 bits per heavy atom. The fraction of sp³-hybridized carbons (Fsp3) is 0.214. The molecule has 0 saturated heterocycles. The number of carbonyl (C=O) groups is 1. The second-order valence-corrected chi connectivity index (χ2v) is 4.59. The Labute approximate surface area is 117 Å². The maximum Gasteiger partial charge on any atom is 0.317 e. The number of amides is 2. The average Bonchev–Trinajstić information content (AvgIpc) is 2.91. The van der Waals surface area contributed by atoms with E-state index < -0.39 is 0 Å². The van der Waals surface area contributed by atoms with Gasteiger partial charge in [-0.2, -0.15) is 0 Å². The Bertz CT molecular complexity index is 540. The van der Waals surface area contributed by atoms with Crippen molar-refractivity contribution >= 4 is 17.6 Å². The monoisotopic (exact) mass is 278 g/mol. The number of nitrogens with one attached hydrogen (secondary N) is 1. The van der Waals surface area contributed by atoms with E-state index in [0.717, 1.165) is 11.3 Å². The van der Waals surface area contributed by atoms with Crippen LogP contribution in [0.3, 0.4) is 0 Å². The summed E-state index contributed by atoms with van der Waals surface area (Å²) in [5, 5.41) is 3.44. The number of urea groups is 1.